The lowest BCUT2D eigenvalue weighted by molar-refractivity contribution is -0.143. The van der Waals surface area contributed by atoms with Gasteiger partial charge in [-0.2, -0.15) is 8.42 Å². The molecule has 2 aromatic carbocycles. The lowest BCUT2D eigenvalue weighted by atomic mass is 10.1. The molecule has 4 aromatic rings. The second-order valence-electron chi connectivity index (χ2n) is 13.5. The second kappa shape index (κ2) is 17.7. The Balaban J connectivity index is 0.000000785. The molecule has 1 fully saturated rings. The minimum Gasteiger partial charge on any atom is -0.488 e. The number of ether oxygens (including phenoxy) is 3. The van der Waals surface area contributed by atoms with Gasteiger partial charge in [-0.3, -0.25) is 13.5 Å². The van der Waals surface area contributed by atoms with Gasteiger partial charge in [0.25, 0.3) is 5.91 Å². The van der Waals surface area contributed by atoms with Crippen molar-refractivity contribution in [3.05, 3.63) is 78.4 Å². The molecule has 1 aliphatic heterocycles. The molecule has 3 heterocycles. The number of amides is 1. The van der Waals surface area contributed by atoms with E-state index in [4.69, 9.17) is 24.1 Å². The molecule has 52 heavy (non-hydrogen) atoms. The van der Waals surface area contributed by atoms with Crippen molar-refractivity contribution in [3.63, 3.8) is 0 Å². The van der Waals surface area contributed by atoms with Crippen molar-refractivity contribution in [2.24, 2.45) is 0 Å². The van der Waals surface area contributed by atoms with Crippen LogP contribution in [0.4, 0.5) is 5.82 Å². The molecule has 0 aliphatic carbocycles. The van der Waals surface area contributed by atoms with E-state index in [0.717, 1.165) is 5.56 Å². The van der Waals surface area contributed by atoms with E-state index in [9.17, 15) is 13.2 Å². The number of benzene rings is 2. The van der Waals surface area contributed by atoms with Gasteiger partial charge in [-0.1, -0.05) is 76.3 Å². The van der Waals surface area contributed by atoms with Crippen molar-refractivity contribution in [1.29, 1.82) is 0 Å². The number of fused-ring (bicyclic) bond motifs is 1. The first kappa shape index (κ1) is 40.8. The van der Waals surface area contributed by atoms with Crippen LogP contribution in [0.3, 0.4) is 0 Å². The number of aromatic nitrogens is 4. The maximum Gasteiger partial charge on any atom is 0.362 e. The van der Waals surface area contributed by atoms with Crippen LogP contribution in [0.1, 0.15) is 63.9 Å². The molecule has 5 rings (SSSR count). The van der Waals surface area contributed by atoms with Gasteiger partial charge in [0.15, 0.2) is 16.8 Å². The maximum atomic E-state index is 13.1. The normalized spacial score (nSPS) is 19.1. The Morgan fingerprint density at radius 3 is 2.31 bits per heavy atom. The molecule has 2 aromatic heterocycles. The minimum atomic E-state index is -4.53. The SMILES string of the molecule is CCN(CC)CC.C[Si](C)[C@@]1(n2cnc3c(N)ncnc32)O[C@H](COS(=O)(=O)NC(=O)c2ccccc2OCc2ccccc2)C[C@H]1OC(C)(C)C. The van der Waals surface area contributed by atoms with Crippen LogP contribution in [0, 0.1) is 0 Å². The fourth-order valence-corrected chi connectivity index (χ4v) is 8.57. The Bertz CT molecular complexity index is 1860. The molecule has 0 unspecified atom stereocenters. The Morgan fingerprint density at radius 2 is 1.69 bits per heavy atom. The number of carbonyl (C=O) groups excluding carboxylic acids is 1. The largest absolute Gasteiger partial charge is 0.488 e. The number of para-hydroxylation sites is 1. The lowest BCUT2D eigenvalue weighted by Crippen LogP contribution is -2.54. The van der Waals surface area contributed by atoms with E-state index in [0.29, 0.717) is 17.6 Å². The highest BCUT2D eigenvalue weighted by molar-refractivity contribution is 7.85. The number of nitrogens with two attached hydrogens (primary N) is 1. The third kappa shape index (κ3) is 10.1. The summed E-state index contributed by atoms with van der Waals surface area (Å²) in [5.74, 6) is -0.420. The first-order chi connectivity index (χ1) is 24.6. The monoisotopic (exact) mass is 754 g/mol. The predicted molar refractivity (Wildman–Crippen MR) is 202 cm³/mol. The Morgan fingerprint density at radius 1 is 1.04 bits per heavy atom. The molecule has 0 spiro atoms. The first-order valence-corrected chi connectivity index (χ1v) is 21.3. The smallest absolute Gasteiger partial charge is 0.362 e. The number of carbonyl (C=O) groups is 1. The van der Waals surface area contributed by atoms with Crippen molar-refractivity contribution in [2.75, 3.05) is 32.0 Å². The van der Waals surface area contributed by atoms with Crippen LogP contribution < -0.4 is 15.2 Å². The van der Waals surface area contributed by atoms with Crippen LogP contribution in [0.5, 0.6) is 5.75 Å². The molecule has 1 saturated heterocycles. The van der Waals surface area contributed by atoms with E-state index < -0.39 is 48.2 Å². The van der Waals surface area contributed by atoms with Crippen LogP contribution >= 0.6 is 0 Å². The predicted octanol–water partition coefficient (Wildman–Crippen LogP) is 4.95. The fourth-order valence-electron chi connectivity index (χ4n) is 5.97. The van der Waals surface area contributed by atoms with Gasteiger partial charge in [-0.25, -0.2) is 19.7 Å². The summed E-state index contributed by atoms with van der Waals surface area (Å²) in [6, 6.07) is 15.8. The van der Waals surface area contributed by atoms with Crippen LogP contribution in [0.2, 0.25) is 13.1 Å². The van der Waals surface area contributed by atoms with Crippen LogP contribution in [0.15, 0.2) is 67.3 Å². The number of nitrogen functional groups attached to an aromatic ring is 1. The van der Waals surface area contributed by atoms with Gasteiger partial charge in [-0.15, -0.1) is 0 Å². The highest BCUT2D eigenvalue weighted by Crippen LogP contribution is 2.43. The van der Waals surface area contributed by atoms with Crippen molar-refractivity contribution in [2.45, 2.75) is 90.8 Å². The van der Waals surface area contributed by atoms with Gasteiger partial charge in [0.2, 0.25) is 0 Å². The van der Waals surface area contributed by atoms with E-state index in [1.165, 1.54) is 32.0 Å². The lowest BCUT2D eigenvalue weighted by Gasteiger charge is -2.41. The number of hydrogen-bond acceptors (Lipinski definition) is 12. The molecular formula is C36H52N7O7SSi. The quantitative estimate of drug-likeness (QED) is 0.166. The van der Waals surface area contributed by atoms with Gasteiger partial charge in [0.1, 0.15) is 39.1 Å². The van der Waals surface area contributed by atoms with Gasteiger partial charge in [-0.05, 0) is 58.1 Å². The summed E-state index contributed by atoms with van der Waals surface area (Å²) in [5, 5.41) is -1.04. The molecule has 0 saturated carbocycles. The van der Waals surface area contributed by atoms with E-state index >= 15 is 0 Å². The van der Waals surface area contributed by atoms with Crippen molar-refractivity contribution >= 4 is 42.0 Å². The number of hydrogen-bond donors (Lipinski definition) is 2. The summed E-state index contributed by atoms with van der Waals surface area (Å²) >= 11 is 0. The third-order valence-corrected chi connectivity index (χ3v) is 11.5. The van der Waals surface area contributed by atoms with E-state index in [1.54, 1.807) is 24.5 Å². The average Bonchev–Trinajstić information content (AvgIpc) is 3.70. The summed E-state index contributed by atoms with van der Waals surface area (Å²) in [6.45, 7) is 19.9. The van der Waals surface area contributed by atoms with Gasteiger partial charge >= 0.3 is 10.3 Å². The zero-order chi connectivity index (χ0) is 38.1. The van der Waals surface area contributed by atoms with Gasteiger partial charge < -0.3 is 24.8 Å². The highest BCUT2D eigenvalue weighted by atomic mass is 32.2. The van der Waals surface area contributed by atoms with E-state index in [-0.39, 0.29) is 30.3 Å². The first-order valence-electron chi connectivity index (χ1n) is 17.4. The Labute approximate surface area is 308 Å². The molecule has 1 radical (unpaired) electrons. The summed E-state index contributed by atoms with van der Waals surface area (Å²) in [7, 11) is -5.93. The molecule has 16 heteroatoms. The summed E-state index contributed by atoms with van der Waals surface area (Å²) in [5.41, 5.74) is 7.36. The van der Waals surface area contributed by atoms with E-state index in [1.807, 2.05) is 60.4 Å². The fraction of sp³-hybridized carbons (Fsp3) is 0.500. The number of rotatable bonds is 14. The molecule has 283 valence electrons. The third-order valence-electron chi connectivity index (χ3n) is 8.53. The Kier molecular flexibility index (Phi) is 13.9. The van der Waals surface area contributed by atoms with Crippen LogP contribution in [-0.4, -0.2) is 91.6 Å². The number of anilines is 1. The highest BCUT2D eigenvalue weighted by Gasteiger charge is 2.55. The van der Waals surface area contributed by atoms with Crippen LogP contribution in [0.25, 0.3) is 11.2 Å². The van der Waals surface area contributed by atoms with Crippen molar-refractivity contribution in [1.82, 2.24) is 29.1 Å². The van der Waals surface area contributed by atoms with E-state index in [2.05, 4.69) is 53.7 Å². The summed E-state index contributed by atoms with van der Waals surface area (Å²) in [4.78, 5) is 28.3. The van der Waals surface area contributed by atoms with Crippen molar-refractivity contribution < 1.29 is 31.6 Å². The number of nitrogens with zero attached hydrogens (tertiary/aromatic N) is 5. The molecule has 14 nitrogen and oxygen atoms in total. The maximum absolute atomic E-state index is 13.1. The standard InChI is InChI=1S/C30H37N6O7SSi.C6H15N/c1-29(2,3)43-24-15-21(42-30(24,45(4)5)36-19-34-25-26(31)32-18-33-27(25)36)17-41-44(38,39)35-28(37)22-13-9-10-14-23(22)40-16-20-11-7-6-8-12-20;1-4-7(5-2)6-3/h6-14,18-19,21,24H,15-17H2,1-5H3,(H,35,37)(H2,31,32,33);4-6H2,1-3H3/t21-,24+,30-;/m0./s1. The molecule has 3 atom stereocenters. The summed E-state index contributed by atoms with van der Waals surface area (Å²) in [6.07, 6.45) is 2.06. The van der Waals surface area contributed by atoms with Gasteiger partial charge in [0.05, 0.1) is 30.2 Å². The zero-order valence-corrected chi connectivity index (χ0v) is 33.1. The molecular weight excluding hydrogens is 703 g/mol. The second-order valence-corrected chi connectivity index (χ2v) is 17.6. The molecule has 1 aliphatic rings. The number of imidazole rings is 1. The van der Waals surface area contributed by atoms with Gasteiger partial charge in [0, 0.05) is 6.42 Å². The van der Waals surface area contributed by atoms with Crippen LogP contribution in [-0.2, 0) is 35.9 Å². The molecule has 1 amide bonds. The zero-order valence-electron chi connectivity index (χ0n) is 31.3. The number of nitrogens with one attached hydrogen (secondary N) is 1. The molecule has 3 N–H and O–H groups in total. The average molecular weight is 755 g/mol. The Hall–Kier alpha value is -3.93. The minimum absolute atomic E-state index is 0.0489. The summed E-state index contributed by atoms with van der Waals surface area (Å²) < 4.78 is 54.1. The van der Waals surface area contributed by atoms with Crippen molar-refractivity contribution in [3.8, 4) is 5.75 Å². The molecule has 0 bridgehead atoms. The topological polar surface area (TPSA) is 173 Å².